The second-order valence-electron chi connectivity index (χ2n) is 1.58. The smallest absolute Gasteiger partial charge is 0.0846 e. The Morgan fingerprint density at radius 1 is 1.60 bits per heavy atom. The van der Waals surface area contributed by atoms with Crippen molar-refractivity contribution in [1.82, 2.24) is 0 Å². The highest BCUT2D eigenvalue weighted by Gasteiger charge is 1.88. The molecule has 0 aromatic heterocycles. The molecule has 0 rings (SSSR count). The van der Waals surface area contributed by atoms with Gasteiger partial charge in [-0.25, -0.2) is 0 Å². The van der Waals surface area contributed by atoms with Crippen LogP contribution in [0, 0.1) is 0 Å². The van der Waals surface area contributed by atoms with E-state index in [1.807, 2.05) is 0 Å². The zero-order chi connectivity index (χ0) is 7.98. The highest BCUT2D eigenvalue weighted by atomic mass is 15.4. The van der Waals surface area contributed by atoms with Gasteiger partial charge >= 0.3 is 0 Å². The largest absolute Gasteiger partial charge is 0.397 e. The van der Waals surface area contributed by atoms with E-state index < -0.39 is 0 Å². The van der Waals surface area contributed by atoms with E-state index in [4.69, 9.17) is 5.73 Å². The summed E-state index contributed by atoms with van der Waals surface area (Å²) in [6, 6.07) is 0. The maximum atomic E-state index is 5.40. The first-order chi connectivity index (χ1) is 4.72. The first kappa shape index (κ1) is 8.55. The fourth-order valence-electron chi connectivity index (χ4n) is 0.304. The summed E-state index contributed by atoms with van der Waals surface area (Å²) in [5, 5.41) is 10.1. The van der Waals surface area contributed by atoms with Crippen LogP contribution in [0.2, 0.25) is 0 Å². The lowest BCUT2D eigenvalue weighted by Crippen LogP contribution is -1.94. The fourth-order valence-corrected chi connectivity index (χ4v) is 0.304. The van der Waals surface area contributed by atoms with Crippen LogP contribution in [0.1, 0.15) is 6.92 Å². The van der Waals surface area contributed by atoms with Crippen LogP contribution in [-0.4, -0.2) is 6.72 Å². The zero-order valence-corrected chi connectivity index (χ0v) is 5.91. The van der Waals surface area contributed by atoms with Crippen LogP contribution in [-0.2, 0) is 0 Å². The molecule has 0 aliphatic heterocycles. The average molecular weight is 138 g/mol. The molecule has 0 radical (unpaired) electrons. The molecule has 0 aliphatic carbocycles. The van der Waals surface area contributed by atoms with E-state index in [2.05, 4.69) is 28.7 Å². The number of allylic oxidation sites excluding steroid dienone is 2. The molecular formula is C6H10N4. The third kappa shape index (κ3) is 2.76. The van der Waals surface area contributed by atoms with Crippen molar-refractivity contribution < 1.29 is 0 Å². The van der Waals surface area contributed by atoms with E-state index in [0.717, 1.165) is 0 Å². The lowest BCUT2D eigenvalue weighted by molar-refractivity contribution is 0.997. The van der Waals surface area contributed by atoms with Gasteiger partial charge in [0.05, 0.1) is 11.4 Å². The molecular weight excluding hydrogens is 128 g/mol. The van der Waals surface area contributed by atoms with Gasteiger partial charge < -0.3 is 5.73 Å². The molecule has 0 bridgehead atoms. The van der Waals surface area contributed by atoms with E-state index in [1.54, 1.807) is 6.92 Å². The van der Waals surface area contributed by atoms with Crippen molar-refractivity contribution in [3.63, 3.8) is 0 Å². The minimum absolute atomic E-state index is 0.493. The second-order valence-corrected chi connectivity index (χ2v) is 1.58. The molecule has 0 heterocycles. The van der Waals surface area contributed by atoms with Gasteiger partial charge in [-0.1, -0.05) is 6.58 Å². The van der Waals surface area contributed by atoms with E-state index in [9.17, 15) is 0 Å². The SMILES string of the molecule is C=C/C(N)=C(C)/N=N\N=C. The van der Waals surface area contributed by atoms with E-state index in [0.29, 0.717) is 11.4 Å². The van der Waals surface area contributed by atoms with Crippen LogP contribution in [0.4, 0.5) is 0 Å². The lowest BCUT2D eigenvalue weighted by Gasteiger charge is -1.91. The van der Waals surface area contributed by atoms with Crippen LogP contribution >= 0.6 is 0 Å². The number of hydrogen-bond donors (Lipinski definition) is 1. The van der Waals surface area contributed by atoms with Gasteiger partial charge in [-0.15, -0.1) is 10.2 Å². The van der Waals surface area contributed by atoms with Crippen molar-refractivity contribution in [2.24, 2.45) is 21.2 Å². The minimum atomic E-state index is 0.493. The predicted octanol–water partition coefficient (Wildman–Crippen LogP) is 1.43. The molecule has 0 unspecified atom stereocenters. The Hall–Kier alpha value is -1.45. The highest BCUT2D eigenvalue weighted by molar-refractivity contribution is 5.22. The van der Waals surface area contributed by atoms with Gasteiger partial charge in [0.15, 0.2) is 0 Å². The van der Waals surface area contributed by atoms with Crippen LogP contribution in [0.15, 0.2) is 39.5 Å². The normalized spacial score (nSPS) is 12.9. The number of nitrogens with two attached hydrogens (primary N) is 1. The molecule has 4 heteroatoms. The van der Waals surface area contributed by atoms with Crippen molar-refractivity contribution in [2.75, 3.05) is 0 Å². The minimum Gasteiger partial charge on any atom is -0.397 e. The van der Waals surface area contributed by atoms with E-state index in [1.165, 1.54) is 6.08 Å². The summed E-state index contributed by atoms with van der Waals surface area (Å²) in [6.07, 6.45) is 1.50. The van der Waals surface area contributed by atoms with Gasteiger partial charge in [-0.05, 0) is 18.2 Å². The number of nitrogens with zero attached hydrogens (tertiary/aromatic N) is 3. The quantitative estimate of drug-likeness (QED) is 0.272. The summed E-state index contributed by atoms with van der Waals surface area (Å²) in [7, 11) is 0. The molecule has 0 amide bonds. The van der Waals surface area contributed by atoms with Gasteiger partial charge in [-0.2, -0.15) is 0 Å². The Balaban J connectivity index is 4.31. The van der Waals surface area contributed by atoms with Crippen molar-refractivity contribution in [3.8, 4) is 0 Å². The first-order valence-electron chi connectivity index (χ1n) is 2.68. The molecule has 0 saturated heterocycles. The Labute approximate surface area is 59.8 Å². The predicted molar refractivity (Wildman–Crippen MR) is 41.5 cm³/mol. The molecule has 0 aromatic carbocycles. The molecule has 2 N–H and O–H groups in total. The third-order valence-corrected chi connectivity index (χ3v) is 0.896. The monoisotopic (exact) mass is 138 g/mol. The topological polar surface area (TPSA) is 63.1 Å². The van der Waals surface area contributed by atoms with Crippen molar-refractivity contribution in [1.29, 1.82) is 0 Å². The summed E-state index contributed by atoms with van der Waals surface area (Å²) in [6.45, 7) is 8.29. The van der Waals surface area contributed by atoms with Gasteiger partial charge in [0.25, 0.3) is 0 Å². The summed E-state index contributed by atoms with van der Waals surface area (Å²) in [4.78, 5) is 0. The zero-order valence-electron chi connectivity index (χ0n) is 5.91. The summed E-state index contributed by atoms with van der Waals surface area (Å²) < 4.78 is 0. The molecule has 0 aliphatic rings. The Morgan fingerprint density at radius 3 is 2.60 bits per heavy atom. The molecule has 10 heavy (non-hydrogen) atoms. The molecule has 54 valence electrons. The van der Waals surface area contributed by atoms with Crippen LogP contribution < -0.4 is 5.73 Å². The Bertz CT molecular complexity index is 190. The highest BCUT2D eigenvalue weighted by Crippen LogP contribution is 2.00. The first-order valence-corrected chi connectivity index (χ1v) is 2.68. The summed E-state index contributed by atoms with van der Waals surface area (Å²) in [5.74, 6) is 0. The van der Waals surface area contributed by atoms with E-state index >= 15 is 0 Å². The maximum Gasteiger partial charge on any atom is 0.0846 e. The summed E-state index contributed by atoms with van der Waals surface area (Å²) >= 11 is 0. The van der Waals surface area contributed by atoms with Crippen molar-refractivity contribution >= 4 is 6.72 Å². The van der Waals surface area contributed by atoms with Crippen LogP contribution in [0.3, 0.4) is 0 Å². The van der Waals surface area contributed by atoms with Gasteiger partial charge in [0.1, 0.15) is 0 Å². The van der Waals surface area contributed by atoms with E-state index in [-0.39, 0.29) is 0 Å². The third-order valence-electron chi connectivity index (χ3n) is 0.896. The van der Waals surface area contributed by atoms with Crippen LogP contribution in [0.25, 0.3) is 0 Å². The summed E-state index contributed by atoms with van der Waals surface area (Å²) in [5.41, 5.74) is 6.48. The number of rotatable bonds is 3. The standard InChI is InChI=1S/C6H10N4/c1-4-6(7)5(2)9-10-8-3/h4H,1,3,7H2,2H3/b6-5-,10-9-. The molecule has 0 aromatic rings. The van der Waals surface area contributed by atoms with Crippen molar-refractivity contribution in [2.45, 2.75) is 6.92 Å². The maximum absolute atomic E-state index is 5.40. The Morgan fingerprint density at radius 2 is 2.20 bits per heavy atom. The lowest BCUT2D eigenvalue weighted by atomic mass is 10.4. The van der Waals surface area contributed by atoms with Gasteiger partial charge in [-0.3, -0.25) is 0 Å². The van der Waals surface area contributed by atoms with Crippen molar-refractivity contribution in [3.05, 3.63) is 24.0 Å². The Kier molecular flexibility index (Phi) is 3.79. The second kappa shape index (κ2) is 4.43. The molecule has 0 saturated carbocycles. The number of hydrogen-bond acceptors (Lipinski definition) is 3. The van der Waals surface area contributed by atoms with Gasteiger partial charge in [0, 0.05) is 6.72 Å². The van der Waals surface area contributed by atoms with Crippen LogP contribution in [0.5, 0.6) is 0 Å². The molecule has 0 fully saturated rings. The molecule has 0 spiro atoms. The molecule has 4 nitrogen and oxygen atoms in total. The van der Waals surface area contributed by atoms with Gasteiger partial charge in [0.2, 0.25) is 0 Å². The average Bonchev–Trinajstić information content (AvgIpc) is 1.98. The fraction of sp³-hybridized carbons (Fsp3) is 0.167. The molecule has 0 atom stereocenters.